The smallest absolute Gasteiger partial charge is 0.0705 e. The third-order valence-electron chi connectivity index (χ3n) is 4.05. The number of halogens is 2. The number of benzene rings is 2. The van der Waals surface area contributed by atoms with Crippen LogP contribution in [-0.4, -0.2) is 29.5 Å². The van der Waals surface area contributed by atoms with Gasteiger partial charge in [0.15, 0.2) is 0 Å². The molecule has 0 spiro atoms. The molecule has 0 radical (unpaired) electrons. The van der Waals surface area contributed by atoms with Gasteiger partial charge in [-0.2, -0.15) is 0 Å². The molecule has 3 rings (SSSR count). The Balaban J connectivity index is 0.00000156. The standard InChI is InChI=1S/C20H23N3.2ClH/c21-13-15-23(14-12-17-6-2-1-3-7-17)16-19-11-10-18-8-4-5-9-20(18)22-19;;/h1-11H,12-16,21H2;2*1H. The van der Waals surface area contributed by atoms with Crippen LogP contribution >= 0.6 is 24.8 Å². The molecule has 2 N–H and O–H groups in total. The summed E-state index contributed by atoms with van der Waals surface area (Å²) in [5.41, 5.74) is 9.30. The van der Waals surface area contributed by atoms with Crippen LogP contribution in [0.25, 0.3) is 10.9 Å². The molecule has 0 aliphatic rings. The highest BCUT2D eigenvalue weighted by Gasteiger charge is 2.07. The highest BCUT2D eigenvalue weighted by molar-refractivity contribution is 5.85. The van der Waals surface area contributed by atoms with Gasteiger partial charge < -0.3 is 5.73 Å². The average molecular weight is 378 g/mol. The molecule has 5 heteroatoms. The van der Waals surface area contributed by atoms with Gasteiger partial charge in [0.1, 0.15) is 0 Å². The molecule has 2 aromatic carbocycles. The quantitative estimate of drug-likeness (QED) is 0.674. The first-order chi connectivity index (χ1) is 11.3. The molecule has 3 nitrogen and oxygen atoms in total. The molecule has 134 valence electrons. The van der Waals surface area contributed by atoms with Crippen molar-refractivity contribution in [2.45, 2.75) is 13.0 Å². The van der Waals surface area contributed by atoms with Crippen LogP contribution in [0.5, 0.6) is 0 Å². The molecule has 0 saturated heterocycles. The largest absolute Gasteiger partial charge is 0.329 e. The highest BCUT2D eigenvalue weighted by atomic mass is 35.5. The Morgan fingerprint density at radius 3 is 2.28 bits per heavy atom. The topological polar surface area (TPSA) is 42.1 Å². The van der Waals surface area contributed by atoms with Crippen molar-refractivity contribution in [3.05, 3.63) is 78.0 Å². The Labute approximate surface area is 162 Å². The molecule has 1 aromatic heterocycles. The van der Waals surface area contributed by atoms with E-state index in [0.29, 0.717) is 6.54 Å². The monoisotopic (exact) mass is 377 g/mol. The fourth-order valence-corrected chi connectivity index (χ4v) is 2.81. The Morgan fingerprint density at radius 1 is 0.800 bits per heavy atom. The van der Waals surface area contributed by atoms with Crippen LogP contribution in [0.15, 0.2) is 66.7 Å². The number of nitrogens with two attached hydrogens (primary N) is 1. The second-order valence-corrected chi connectivity index (χ2v) is 5.80. The number of rotatable bonds is 7. The zero-order chi connectivity index (χ0) is 15.9. The van der Waals surface area contributed by atoms with Crippen LogP contribution in [0, 0.1) is 0 Å². The molecule has 0 saturated carbocycles. The normalized spacial score (nSPS) is 10.3. The Kier molecular flexibility index (Phi) is 9.46. The lowest BCUT2D eigenvalue weighted by atomic mass is 10.1. The van der Waals surface area contributed by atoms with Crippen molar-refractivity contribution in [3.63, 3.8) is 0 Å². The van der Waals surface area contributed by atoms with E-state index in [1.165, 1.54) is 10.9 Å². The predicted molar refractivity (Wildman–Crippen MR) is 111 cm³/mol. The van der Waals surface area contributed by atoms with E-state index < -0.39 is 0 Å². The van der Waals surface area contributed by atoms with Crippen molar-refractivity contribution in [1.29, 1.82) is 0 Å². The fraction of sp³-hybridized carbons (Fsp3) is 0.250. The minimum absolute atomic E-state index is 0. The molecule has 1 heterocycles. The third kappa shape index (κ3) is 6.29. The summed E-state index contributed by atoms with van der Waals surface area (Å²) in [7, 11) is 0. The summed E-state index contributed by atoms with van der Waals surface area (Å²) in [5.74, 6) is 0. The van der Waals surface area contributed by atoms with E-state index in [-0.39, 0.29) is 24.8 Å². The van der Waals surface area contributed by atoms with Gasteiger partial charge in [-0.15, -0.1) is 24.8 Å². The van der Waals surface area contributed by atoms with Crippen LogP contribution in [-0.2, 0) is 13.0 Å². The average Bonchev–Trinajstić information content (AvgIpc) is 2.61. The van der Waals surface area contributed by atoms with Crippen LogP contribution in [0.2, 0.25) is 0 Å². The summed E-state index contributed by atoms with van der Waals surface area (Å²) in [6.07, 6.45) is 1.04. The highest BCUT2D eigenvalue weighted by Crippen LogP contribution is 2.13. The second kappa shape index (κ2) is 11.1. The molecule has 0 fully saturated rings. The first-order valence-corrected chi connectivity index (χ1v) is 8.16. The molecule has 0 atom stereocenters. The molecule has 0 unspecified atom stereocenters. The minimum Gasteiger partial charge on any atom is -0.329 e. The lowest BCUT2D eigenvalue weighted by Crippen LogP contribution is -2.31. The Hall–Kier alpha value is -1.65. The number of aromatic nitrogens is 1. The lowest BCUT2D eigenvalue weighted by Gasteiger charge is -2.21. The summed E-state index contributed by atoms with van der Waals surface area (Å²) in [5, 5.41) is 1.19. The number of nitrogens with zero attached hydrogens (tertiary/aromatic N) is 2. The van der Waals surface area contributed by atoms with Gasteiger partial charge in [-0.1, -0.05) is 54.6 Å². The van der Waals surface area contributed by atoms with Crippen molar-refractivity contribution in [2.75, 3.05) is 19.6 Å². The molecule has 0 bridgehead atoms. The number of pyridine rings is 1. The van der Waals surface area contributed by atoms with Gasteiger partial charge in [-0.25, -0.2) is 0 Å². The lowest BCUT2D eigenvalue weighted by molar-refractivity contribution is 0.273. The van der Waals surface area contributed by atoms with Crippen LogP contribution in [0.3, 0.4) is 0 Å². The first-order valence-electron chi connectivity index (χ1n) is 8.16. The van der Waals surface area contributed by atoms with Crippen molar-refractivity contribution < 1.29 is 0 Å². The summed E-state index contributed by atoms with van der Waals surface area (Å²) in [4.78, 5) is 7.15. The maximum Gasteiger partial charge on any atom is 0.0705 e. The van der Waals surface area contributed by atoms with E-state index in [9.17, 15) is 0 Å². The summed E-state index contributed by atoms with van der Waals surface area (Å²) >= 11 is 0. The van der Waals surface area contributed by atoms with E-state index in [4.69, 9.17) is 10.7 Å². The Morgan fingerprint density at radius 2 is 1.52 bits per heavy atom. The zero-order valence-corrected chi connectivity index (χ0v) is 15.8. The fourth-order valence-electron chi connectivity index (χ4n) is 2.81. The summed E-state index contributed by atoms with van der Waals surface area (Å²) in [6.45, 7) is 3.40. The molecule has 0 aliphatic heterocycles. The number of para-hydroxylation sites is 1. The van der Waals surface area contributed by atoms with E-state index in [2.05, 4.69) is 59.5 Å². The SMILES string of the molecule is Cl.Cl.NCCN(CCc1ccccc1)Cc1ccc2ccccc2n1. The Bertz CT molecular complexity index is 750. The van der Waals surface area contributed by atoms with Gasteiger partial charge in [0.05, 0.1) is 11.2 Å². The zero-order valence-electron chi connectivity index (χ0n) is 14.2. The maximum absolute atomic E-state index is 5.78. The van der Waals surface area contributed by atoms with E-state index in [0.717, 1.165) is 37.3 Å². The van der Waals surface area contributed by atoms with Gasteiger partial charge in [0.2, 0.25) is 0 Å². The van der Waals surface area contributed by atoms with Crippen LogP contribution < -0.4 is 5.73 Å². The van der Waals surface area contributed by atoms with E-state index in [1.807, 2.05) is 12.1 Å². The van der Waals surface area contributed by atoms with Crippen molar-refractivity contribution in [2.24, 2.45) is 5.73 Å². The van der Waals surface area contributed by atoms with Crippen molar-refractivity contribution in [1.82, 2.24) is 9.88 Å². The minimum atomic E-state index is 0. The first kappa shape index (κ1) is 21.4. The van der Waals surface area contributed by atoms with Gasteiger partial charge in [0.25, 0.3) is 0 Å². The number of fused-ring (bicyclic) bond motifs is 1. The molecular weight excluding hydrogens is 353 g/mol. The molecule has 0 aliphatic carbocycles. The summed E-state index contributed by atoms with van der Waals surface area (Å²) in [6, 6.07) is 23.1. The predicted octanol–water partition coefficient (Wildman–Crippen LogP) is 4.08. The van der Waals surface area contributed by atoms with Gasteiger partial charge in [-0.05, 0) is 24.1 Å². The van der Waals surface area contributed by atoms with Gasteiger partial charge in [-0.3, -0.25) is 9.88 Å². The van der Waals surface area contributed by atoms with Gasteiger partial charge >= 0.3 is 0 Å². The van der Waals surface area contributed by atoms with Crippen LogP contribution in [0.4, 0.5) is 0 Å². The van der Waals surface area contributed by atoms with Gasteiger partial charge in [0, 0.05) is 31.6 Å². The van der Waals surface area contributed by atoms with Crippen molar-refractivity contribution >= 4 is 35.7 Å². The number of hydrogen-bond acceptors (Lipinski definition) is 3. The van der Waals surface area contributed by atoms with Crippen LogP contribution in [0.1, 0.15) is 11.3 Å². The molecular formula is C20H25Cl2N3. The van der Waals surface area contributed by atoms with E-state index in [1.54, 1.807) is 0 Å². The second-order valence-electron chi connectivity index (χ2n) is 5.80. The molecule has 25 heavy (non-hydrogen) atoms. The third-order valence-corrected chi connectivity index (χ3v) is 4.05. The van der Waals surface area contributed by atoms with E-state index >= 15 is 0 Å². The number of hydrogen-bond donors (Lipinski definition) is 1. The molecule has 0 amide bonds. The maximum atomic E-state index is 5.78. The summed E-state index contributed by atoms with van der Waals surface area (Å²) < 4.78 is 0. The molecule has 3 aromatic rings. The van der Waals surface area contributed by atoms with Crippen molar-refractivity contribution in [3.8, 4) is 0 Å².